The minimum atomic E-state index is -1.09. The van der Waals surface area contributed by atoms with Crippen LogP contribution < -0.4 is 0 Å². The van der Waals surface area contributed by atoms with Crippen LogP contribution in [-0.4, -0.2) is 22.8 Å². The van der Waals surface area contributed by atoms with Crippen molar-refractivity contribution in [2.24, 2.45) is 5.41 Å². The zero-order valence-electron chi connectivity index (χ0n) is 8.00. The first-order valence-corrected chi connectivity index (χ1v) is 4.14. The first kappa shape index (κ1) is 10.0. The smallest absolute Gasteiger partial charge is 0.326 e. The summed E-state index contributed by atoms with van der Waals surface area (Å²) in [6.45, 7) is 4.66. The zero-order chi connectivity index (χ0) is 10.3. The van der Waals surface area contributed by atoms with E-state index in [4.69, 9.17) is 10.00 Å². The maximum absolute atomic E-state index is 11.2. The Hall–Kier alpha value is -1.08. The second-order valence-electron chi connectivity index (χ2n) is 4.20. The molecule has 0 aliphatic carbocycles. The number of nitrogens with zero attached hydrogens (tertiary/aromatic N) is 1. The van der Waals surface area contributed by atoms with Crippen LogP contribution in [0.2, 0.25) is 0 Å². The molecule has 1 fully saturated rings. The van der Waals surface area contributed by atoms with E-state index in [2.05, 4.69) is 0 Å². The monoisotopic (exact) mass is 183 g/mol. The van der Waals surface area contributed by atoms with E-state index in [1.165, 1.54) is 6.92 Å². The Morgan fingerprint density at radius 3 is 2.54 bits per heavy atom. The lowest BCUT2D eigenvalue weighted by molar-refractivity contribution is -0.153. The number of hydrogen-bond donors (Lipinski definition) is 1. The quantitative estimate of drug-likeness (QED) is 0.604. The van der Waals surface area contributed by atoms with Gasteiger partial charge >= 0.3 is 5.97 Å². The van der Waals surface area contributed by atoms with Crippen LogP contribution in [0.4, 0.5) is 0 Å². The van der Waals surface area contributed by atoms with Crippen molar-refractivity contribution in [2.45, 2.75) is 38.9 Å². The van der Waals surface area contributed by atoms with Crippen LogP contribution in [0.15, 0.2) is 0 Å². The number of carbonyl (C=O) groups excluding carboxylic acids is 1. The Balaban J connectivity index is 2.85. The van der Waals surface area contributed by atoms with Gasteiger partial charge in [-0.3, -0.25) is 4.79 Å². The highest BCUT2D eigenvalue weighted by atomic mass is 16.6. The zero-order valence-corrected chi connectivity index (χ0v) is 8.00. The fourth-order valence-electron chi connectivity index (χ4n) is 1.24. The molecule has 1 rings (SSSR count). The number of esters is 1. The van der Waals surface area contributed by atoms with Gasteiger partial charge in [-0.1, -0.05) is 0 Å². The molecule has 1 aliphatic heterocycles. The second kappa shape index (κ2) is 2.71. The molecule has 0 radical (unpaired) electrons. The Kier molecular flexibility index (Phi) is 2.08. The molecular formula is C9H13NO3. The molecule has 2 atom stereocenters. The molecule has 1 heterocycles. The summed E-state index contributed by atoms with van der Waals surface area (Å²) in [4.78, 5) is 11.2. The fourth-order valence-corrected chi connectivity index (χ4v) is 1.24. The van der Waals surface area contributed by atoms with Gasteiger partial charge in [-0.2, -0.15) is 5.26 Å². The van der Waals surface area contributed by atoms with Crippen LogP contribution in [0.1, 0.15) is 27.2 Å². The van der Waals surface area contributed by atoms with Gasteiger partial charge in [0.05, 0.1) is 11.7 Å². The number of rotatable bonds is 1. The molecule has 0 aromatic heterocycles. The van der Waals surface area contributed by atoms with Crippen LogP contribution in [0, 0.1) is 16.7 Å². The van der Waals surface area contributed by atoms with Crippen molar-refractivity contribution in [1.82, 2.24) is 0 Å². The highest BCUT2D eigenvalue weighted by Gasteiger charge is 2.50. The molecular weight excluding hydrogens is 170 g/mol. The van der Waals surface area contributed by atoms with Crippen LogP contribution in [-0.2, 0) is 9.53 Å². The molecule has 1 aliphatic rings. The van der Waals surface area contributed by atoms with Gasteiger partial charge in [0.2, 0.25) is 0 Å². The average Bonchev–Trinajstić information content (AvgIpc) is 2.29. The van der Waals surface area contributed by atoms with Gasteiger partial charge in [0.1, 0.15) is 6.10 Å². The Morgan fingerprint density at radius 1 is 1.77 bits per heavy atom. The van der Waals surface area contributed by atoms with Gasteiger partial charge in [-0.05, 0) is 20.8 Å². The minimum absolute atomic E-state index is 0.256. The Bertz CT molecular complexity index is 274. The summed E-state index contributed by atoms with van der Waals surface area (Å²) >= 11 is 0. The lowest BCUT2D eigenvalue weighted by Crippen LogP contribution is -2.35. The number of cyclic esters (lactones) is 1. The van der Waals surface area contributed by atoms with E-state index in [1.54, 1.807) is 13.8 Å². The summed E-state index contributed by atoms with van der Waals surface area (Å²) in [5.74, 6) is -0.540. The van der Waals surface area contributed by atoms with Crippen molar-refractivity contribution >= 4 is 5.97 Å². The minimum Gasteiger partial charge on any atom is -0.458 e. The molecule has 0 bridgehead atoms. The first-order valence-electron chi connectivity index (χ1n) is 4.14. The highest BCUT2D eigenvalue weighted by molar-refractivity contribution is 5.81. The third-order valence-electron chi connectivity index (χ3n) is 2.33. The molecule has 2 unspecified atom stereocenters. The third kappa shape index (κ3) is 1.65. The molecule has 0 aromatic carbocycles. The van der Waals surface area contributed by atoms with E-state index in [1.807, 2.05) is 6.07 Å². The van der Waals surface area contributed by atoms with E-state index >= 15 is 0 Å². The summed E-state index contributed by atoms with van der Waals surface area (Å²) in [5.41, 5.74) is -2.17. The van der Waals surface area contributed by atoms with Gasteiger partial charge in [0.25, 0.3) is 0 Å². The molecule has 0 saturated carbocycles. The summed E-state index contributed by atoms with van der Waals surface area (Å²) in [7, 11) is 0. The number of ether oxygens (including phenoxy) is 1. The summed E-state index contributed by atoms with van der Waals surface area (Å²) in [6, 6.07) is 1.91. The largest absolute Gasteiger partial charge is 0.458 e. The lowest BCUT2D eigenvalue weighted by Gasteiger charge is -2.23. The lowest BCUT2D eigenvalue weighted by atomic mass is 9.85. The number of carbonyl (C=O) groups is 1. The van der Waals surface area contributed by atoms with E-state index in [-0.39, 0.29) is 6.42 Å². The van der Waals surface area contributed by atoms with Crippen molar-refractivity contribution in [3.05, 3.63) is 0 Å². The summed E-state index contributed by atoms with van der Waals surface area (Å²) in [6.07, 6.45) is -0.323. The van der Waals surface area contributed by atoms with Gasteiger partial charge in [0.15, 0.2) is 5.41 Å². The van der Waals surface area contributed by atoms with Crippen molar-refractivity contribution in [3.63, 3.8) is 0 Å². The molecule has 0 amide bonds. The molecule has 0 aromatic rings. The average molecular weight is 183 g/mol. The van der Waals surface area contributed by atoms with Crippen molar-refractivity contribution < 1.29 is 14.6 Å². The molecule has 72 valence electrons. The van der Waals surface area contributed by atoms with Gasteiger partial charge < -0.3 is 9.84 Å². The van der Waals surface area contributed by atoms with Crippen LogP contribution >= 0.6 is 0 Å². The summed E-state index contributed by atoms with van der Waals surface area (Å²) in [5, 5.41) is 18.3. The van der Waals surface area contributed by atoms with Crippen LogP contribution in [0.25, 0.3) is 0 Å². The van der Waals surface area contributed by atoms with Crippen molar-refractivity contribution in [3.8, 4) is 6.07 Å². The third-order valence-corrected chi connectivity index (χ3v) is 2.33. The topological polar surface area (TPSA) is 70.3 Å². The normalized spacial score (nSPS) is 34.1. The molecule has 1 N–H and O–H groups in total. The number of hydrogen-bond acceptors (Lipinski definition) is 4. The van der Waals surface area contributed by atoms with Gasteiger partial charge in [-0.15, -0.1) is 0 Å². The van der Waals surface area contributed by atoms with Crippen molar-refractivity contribution in [2.75, 3.05) is 0 Å². The SMILES string of the molecule is CC1(C#N)CC(C(C)(C)O)OC1=O. The van der Waals surface area contributed by atoms with E-state index in [0.29, 0.717) is 0 Å². The molecule has 4 nitrogen and oxygen atoms in total. The highest BCUT2D eigenvalue weighted by Crippen LogP contribution is 2.37. The van der Waals surface area contributed by atoms with E-state index in [0.717, 1.165) is 0 Å². The predicted molar refractivity (Wildman–Crippen MR) is 44.5 cm³/mol. The Morgan fingerprint density at radius 2 is 2.31 bits per heavy atom. The second-order valence-corrected chi connectivity index (χ2v) is 4.20. The molecule has 1 saturated heterocycles. The Labute approximate surface area is 77.1 Å². The standard InChI is InChI=1S/C9H13NO3/c1-8(2,12)6-4-9(3,5-10)7(11)13-6/h6,12H,4H2,1-3H3. The van der Waals surface area contributed by atoms with Gasteiger partial charge in [-0.25, -0.2) is 0 Å². The van der Waals surface area contributed by atoms with Crippen molar-refractivity contribution in [1.29, 1.82) is 5.26 Å². The molecule has 13 heavy (non-hydrogen) atoms. The van der Waals surface area contributed by atoms with E-state index < -0.39 is 23.1 Å². The molecule has 0 spiro atoms. The first-order chi connectivity index (χ1) is 5.79. The number of nitriles is 1. The predicted octanol–water partition coefficient (Wildman–Crippen LogP) is 0.603. The number of aliphatic hydroxyl groups is 1. The molecule has 4 heteroatoms. The van der Waals surface area contributed by atoms with Crippen LogP contribution in [0.3, 0.4) is 0 Å². The van der Waals surface area contributed by atoms with E-state index in [9.17, 15) is 9.90 Å². The summed E-state index contributed by atoms with van der Waals surface area (Å²) < 4.78 is 4.92. The van der Waals surface area contributed by atoms with Gasteiger partial charge in [0, 0.05) is 6.42 Å². The van der Waals surface area contributed by atoms with Crippen LogP contribution in [0.5, 0.6) is 0 Å². The maximum Gasteiger partial charge on any atom is 0.326 e. The fraction of sp³-hybridized carbons (Fsp3) is 0.778. The maximum atomic E-state index is 11.2.